The summed E-state index contributed by atoms with van der Waals surface area (Å²) in [6.07, 6.45) is 2.66. The van der Waals surface area contributed by atoms with Crippen molar-refractivity contribution in [1.29, 1.82) is 0 Å². The number of hydrogen-bond donors (Lipinski definition) is 0. The highest BCUT2D eigenvalue weighted by molar-refractivity contribution is 6.30. The van der Waals surface area contributed by atoms with Gasteiger partial charge in [0.15, 0.2) is 0 Å². The minimum atomic E-state index is 0.0977. The molecule has 44 heavy (non-hydrogen) atoms. The number of fused-ring (bicyclic) bond motifs is 1. The lowest BCUT2D eigenvalue weighted by molar-refractivity contribution is -0.129. The fourth-order valence-electron chi connectivity index (χ4n) is 6.72. The Balaban J connectivity index is 1.30. The molecule has 1 fully saturated rings. The minimum absolute atomic E-state index is 0.0977. The summed E-state index contributed by atoms with van der Waals surface area (Å²) in [5.41, 5.74) is 6.99. The molecule has 8 nitrogen and oxygen atoms in total. The number of pyridine rings is 1. The maximum Gasteiger partial charge on any atom is 0.219 e. The third kappa shape index (κ3) is 6.47. The molecule has 0 bridgehead atoms. The standard InChI is InChI=1S/C35H42ClN7O/c1-4-42(34-11-7-8-17-37-34)30(23-39-19-21-40(22-20-39)32-10-6-5-9-26(32)2)24-43-33-16-18-41(27(3)44)25-31(33)35(38-43)28-12-14-29(36)15-13-28/h5-15,17,30H,4,16,18-25H2,1-3H3. The van der Waals surface area contributed by atoms with Crippen molar-refractivity contribution in [3.8, 4) is 11.3 Å². The maximum atomic E-state index is 12.4. The smallest absolute Gasteiger partial charge is 0.219 e. The van der Waals surface area contributed by atoms with Crippen LogP contribution in [0, 0.1) is 6.92 Å². The van der Waals surface area contributed by atoms with Crippen LogP contribution in [0.5, 0.6) is 0 Å². The zero-order valence-electron chi connectivity index (χ0n) is 26.0. The third-order valence-corrected chi connectivity index (χ3v) is 9.36. The highest BCUT2D eigenvalue weighted by Gasteiger charge is 2.31. The van der Waals surface area contributed by atoms with Crippen LogP contribution in [0.3, 0.4) is 0 Å². The molecule has 9 heteroatoms. The van der Waals surface area contributed by atoms with Crippen molar-refractivity contribution >= 4 is 29.0 Å². The summed E-state index contributed by atoms with van der Waals surface area (Å²) in [5, 5.41) is 5.95. The maximum absolute atomic E-state index is 12.4. The van der Waals surface area contributed by atoms with Gasteiger partial charge >= 0.3 is 0 Å². The Morgan fingerprint density at radius 2 is 1.70 bits per heavy atom. The number of aryl methyl sites for hydroxylation is 1. The van der Waals surface area contributed by atoms with Crippen LogP contribution in [0.25, 0.3) is 11.3 Å². The van der Waals surface area contributed by atoms with Gasteiger partial charge in [-0.1, -0.05) is 48.0 Å². The molecule has 0 N–H and O–H groups in total. The van der Waals surface area contributed by atoms with Crippen LogP contribution >= 0.6 is 11.6 Å². The SMILES string of the molecule is CCN(c1ccccn1)C(CN1CCN(c2ccccc2C)CC1)Cn1nc(-c2ccc(Cl)cc2)c2c1CCN(C(C)=O)C2. The van der Waals surface area contributed by atoms with Crippen molar-refractivity contribution in [2.24, 2.45) is 0 Å². The molecule has 4 heterocycles. The molecule has 0 saturated carbocycles. The molecule has 1 atom stereocenters. The third-order valence-electron chi connectivity index (χ3n) is 9.10. The molecule has 0 aliphatic carbocycles. The minimum Gasteiger partial charge on any atom is -0.369 e. The van der Waals surface area contributed by atoms with Crippen LogP contribution in [0.1, 0.15) is 30.7 Å². The second-order valence-corrected chi connectivity index (χ2v) is 12.3. The van der Waals surface area contributed by atoms with Crippen molar-refractivity contribution in [3.63, 3.8) is 0 Å². The van der Waals surface area contributed by atoms with Crippen molar-refractivity contribution in [1.82, 2.24) is 24.6 Å². The number of piperazine rings is 1. The lowest BCUT2D eigenvalue weighted by atomic mass is 10.0. The van der Waals surface area contributed by atoms with E-state index in [9.17, 15) is 4.79 Å². The highest BCUT2D eigenvalue weighted by Crippen LogP contribution is 2.32. The van der Waals surface area contributed by atoms with Gasteiger partial charge in [0, 0.05) is 99.4 Å². The molecular formula is C35H42ClN7O. The molecule has 230 valence electrons. The van der Waals surface area contributed by atoms with Gasteiger partial charge in [0.05, 0.1) is 18.3 Å². The van der Waals surface area contributed by atoms with E-state index in [1.165, 1.54) is 16.9 Å². The van der Waals surface area contributed by atoms with Crippen LogP contribution in [0.2, 0.25) is 5.02 Å². The molecule has 0 radical (unpaired) electrons. The number of anilines is 2. The summed E-state index contributed by atoms with van der Waals surface area (Å²) < 4.78 is 2.22. The summed E-state index contributed by atoms with van der Waals surface area (Å²) in [5.74, 6) is 1.08. The van der Waals surface area contributed by atoms with E-state index in [1.807, 2.05) is 41.4 Å². The summed E-state index contributed by atoms with van der Waals surface area (Å²) in [6.45, 7) is 13.9. The molecule has 4 aromatic rings. The van der Waals surface area contributed by atoms with Crippen molar-refractivity contribution in [2.75, 3.05) is 55.6 Å². The first-order valence-corrected chi connectivity index (χ1v) is 16.1. The van der Waals surface area contributed by atoms with E-state index in [4.69, 9.17) is 21.7 Å². The van der Waals surface area contributed by atoms with Crippen molar-refractivity contribution in [2.45, 2.75) is 46.3 Å². The quantitative estimate of drug-likeness (QED) is 0.248. The van der Waals surface area contributed by atoms with Gasteiger partial charge in [0.25, 0.3) is 0 Å². The molecule has 6 rings (SSSR count). The van der Waals surface area contributed by atoms with Gasteiger partial charge in [-0.3, -0.25) is 14.4 Å². The van der Waals surface area contributed by atoms with Gasteiger partial charge < -0.3 is 14.7 Å². The first-order chi connectivity index (χ1) is 21.4. The van der Waals surface area contributed by atoms with Crippen LogP contribution in [-0.4, -0.2) is 82.3 Å². The Hall–Kier alpha value is -3.88. The number of likely N-dealkylation sites (N-methyl/N-ethyl adjacent to an activating group) is 1. The first kappa shape index (κ1) is 30.2. The number of carbonyl (C=O) groups is 1. The van der Waals surface area contributed by atoms with Crippen LogP contribution in [0.4, 0.5) is 11.5 Å². The molecule has 1 amide bonds. The average molecular weight is 612 g/mol. The topological polar surface area (TPSA) is 60.7 Å². The lowest BCUT2D eigenvalue weighted by Crippen LogP contribution is -2.53. The van der Waals surface area contributed by atoms with E-state index in [2.05, 4.69) is 69.6 Å². The number of rotatable bonds is 9. The predicted octanol–water partition coefficient (Wildman–Crippen LogP) is 5.53. The number of hydrogen-bond acceptors (Lipinski definition) is 6. The van der Waals surface area contributed by atoms with E-state index in [1.54, 1.807) is 6.92 Å². The number of para-hydroxylation sites is 1. The fourth-order valence-corrected chi connectivity index (χ4v) is 6.85. The van der Waals surface area contributed by atoms with E-state index in [-0.39, 0.29) is 11.9 Å². The van der Waals surface area contributed by atoms with Crippen LogP contribution < -0.4 is 9.80 Å². The second-order valence-electron chi connectivity index (χ2n) is 11.9. The first-order valence-electron chi connectivity index (χ1n) is 15.7. The summed E-state index contributed by atoms with van der Waals surface area (Å²) in [4.78, 5) is 26.6. The monoisotopic (exact) mass is 611 g/mol. The molecular weight excluding hydrogens is 570 g/mol. The number of amides is 1. The Morgan fingerprint density at radius 1 is 0.955 bits per heavy atom. The van der Waals surface area contributed by atoms with E-state index in [0.29, 0.717) is 18.1 Å². The predicted molar refractivity (Wildman–Crippen MR) is 178 cm³/mol. The summed E-state index contributed by atoms with van der Waals surface area (Å²) in [6, 6.07) is 22.9. The van der Waals surface area contributed by atoms with Gasteiger partial charge in [0.2, 0.25) is 5.91 Å². The number of nitrogens with zero attached hydrogens (tertiary/aromatic N) is 7. The Bertz CT molecular complexity index is 1560. The fraction of sp³-hybridized carbons (Fsp3) is 0.400. The number of carbonyl (C=O) groups excluding carboxylic acids is 1. The Kier molecular flexibility index (Phi) is 9.19. The zero-order valence-corrected chi connectivity index (χ0v) is 26.7. The van der Waals surface area contributed by atoms with Gasteiger partial charge in [-0.25, -0.2) is 4.98 Å². The van der Waals surface area contributed by atoms with Gasteiger partial charge in [-0.2, -0.15) is 5.10 Å². The van der Waals surface area contributed by atoms with Gasteiger partial charge in [0.1, 0.15) is 5.82 Å². The normalized spacial score (nSPS) is 16.1. The van der Waals surface area contributed by atoms with E-state index < -0.39 is 0 Å². The van der Waals surface area contributed by atoms with Gasteiger partial charge in [-0.05, 0) is 49.7 Å². The molecule has 1 saturated heterocycles. The van der Waals surface area contributed by atoms with Crippen LogP contribution in [0.15, 0.2) is 72.9 Å². The molecule has 2 aliphatic rings. The molecule has 2 aliphatic heterocycles. The van der Waals surface area contributed by atoms with Crippen LogP contribution in [-0.2, 0) is 24.3 Å². The summed E-state index contributed by atoms with van der Waals surface area (Å²) >= 11 is 6.24. The molecule has 1 unspecified atom stereocenters. The zero-order chi connectivity index (χ0) is 30.6. The molecule has 2 aromatic carbocycles. The Labute approximate surface area is 265 Å². The van der Waals surface area contributed by atoms with E-state index >= 15 is 0 Å². The number of aromatic nitrogens is 3. The van der Waals surface area contributed by atoms with E-state index in [0.717, 1.165) is 74.9 Å². The molecule has 0 spiro atoms. The molecule has 2 aromatic heterocycles. The Morgan fingerprint density at radius 3 is 2.39 bits per heavy atom. The lowest BCUT2D eigenvalue weighted by Gasteiger charge is -2.41. The van der Waals surface area contributed by atoms with Gasteiger partial charge in [-0.15, -0.1) is 0 Å². The number of benzene rings is 2. The van der Waals surface area contributed by atoms with Crippen molar-refractivity contribution < 1.29 is 4.79 Å². The largest absolute Gasteiger partial charge is 0.369 e. The van der Waals surface area contributed by atoms with Crippen molar-refractivity contribution in [3.05, 3.63) is 94.8 Å². The summed E-state index contributed by atoms with van der Waals surface area (Å²) in [7, 11) is 0. The average Bonchev–Trinajstić information content (AvgIpc) is 3.40. The second kappa shape index (κ2) is 13.4. The number of halogens is 1. The highest BCUT2D eigenvalue weighted by atomic mass is 35.5.